The summed E-state index contributed by atoms with van der Waals surface area (Å²) in [6.07, 6.45) is 4.11. The average molecular weight is 426 g/mol. The van der Waals surface area contributed by atoms with Crippen LogP contribution in [0.15, 0.2) is 24.3 Å². The number of amides is 2. The van der Waals surface area contributed by atoms with Crippen LogP contribution in [0.5, 0.6) is 0 Å². The minimum atomic E-state index is -3.55. The maximum absolute atomic E-state index is 13.9. The lowest BCUT2D eigenvalue weighted by atomic mass is 9.83. The predicted molar refractivity (Wildman–Crippen MR) is 107 cm³/mol. The summed E-state index contributed by atoms with van der Waals surface area (Å²) in [7, 11) is -3.55. The monoisotopic (exact) mass is 425 g/mol. The standard InChI is InChI=1S/C20H28FN3O4S/c1-29(27,28)24-13-12-23(19(25)14-15-6-2-4-8-17(15)21)11-10-22-20(26)16-7-3-5-9-18(16)24/h2,4,6,8,16,18H,3,5,7,9-14H2,1H3,(H,22,26)/t16-,18+/m0/s1. The van der Waals surface area contributed by atoms with Gasteiger partial charge in [-0.05, 0) is 24.5 Å². The van der Waals surface area contributed by atoms with Crippen molar-refractivity contribution in [1.82, 2.24) is 14.5 Å². The number of fused-ring (bicyclic) bond motifs is 1. The predicted octanol–water partition coefficient (Wildman–Crippen LogP) is 1.15. The van der Waals surface area contributed by atoms with E-state index in [1.807, 2.05) is 0 Å². The second-order valence-corrected chi connectivity index (χ2v) is 9.71. The zero-order valence-electron chi connectivity index (χ0n) is 16.6. The van der Waals surface area contributed by atoms with Crippen LogP contribution in [0.25, 0.3) is 0 Å². The Morgan fingerprint density at radius 3 is 2.62 bits per heavy atom. The van der Waals surface area contributed by atoms with Crippen LogP contribution in [-0.4, -0.2) is 67.9 Å². The van der Waals surface area contributed by atoms with E-state index in [1.165, 1.54) is 15.3 Å². The zero-order chi connectivity index (χ0) is 21.0. The van der Waals surface area contributed by atoms with Gasteiger partial charge < -0.3 is 10.2 Å². The molecule has 1 aliphatic carbocycles. The molecule has 1 saturated heterocycles. The van der Waals surface area contributed by atoms with Gasteiger partial charge in [0.15, 0.2) is 0 Å². The number of benzene rings is 1. The first-order valence-electron chi connectivity index (χ1n) is 10.0. The van der Waals surface area contributed by atoms with Gasteiger partial charge in [0.25, 0.3) is 0 Å². The fourth-order valence-corrected chi connectivity index (χ4v) is 5.44. The highest BCUT2D eigenvalue weighted by Crippen LogP contribution is 2.30. The van der Waals surface area contributed by atoms with Crippen molar-refractivity contribution in [2.45, 2.75) is 38.1 Å². The molecule has 29 heavy (non-hydrogen) atoms. The molecule has 0 bridgehead atoms. The van der Waals surface area contributed by atoms with Crippen LogP contribution in [0.3, 0.4) is 0 Å². The van der Waals surface area contributed by atoms with Crippen molar-refractivity contribution in [1.29, 1.82) is 0 Å². The van der Waals surface area contributed by atoms with Gasteiger partial charge in [0.05, 0.1) is 18.6 Å². The summed E-state index contributed by atoms with van der Waals surface area (Å²) in [6.45, 7) is 0.897. The number of hydrogen-bond acceptors (Lipinski definition) is 4. The van der Waals surface area contributed by atoms with Crippen LogP contribution in [0.1, 0.15) is 31.2 Å². The van der Waals surface area contributed by atoms with Gasteiger partial charge >= 0.3 is 0 Å². The molecule has 160 valence electrons. The van der Waals surface area contributed by atoms with E-state index in [-0.39, 0.29) is 49.8 Å². The third-order valence-electron chi connectivity index (χ3n) is 5.79. The van der Waals surface area contributed by atoms with E-state index < -0.39 is 15.8 Å². The maximum atomic E-state index is 13.9. The summed E-state index contributed by atoms with van der Waals surface area (Å²) in [5.41, 5.74) is 0.297. The van der Waals surface area contributed by atoms with Gasteiger partial charge in [0, 0.05) is 32.2 Å². The second-order valence-electron chi connectivity index (χ2n) is 7.77. The summed E-state index contributed by atoms with van der Waals surface area (Å²) in [6, 6.07) is 5.71. The van der Waals surface area contributed by atoms with Crippen LogP contribution in [0, 0.1) is 11.7 Å². The fourth-order valence-electron chi connectivity index (χ4n) is 4.28. The lowest BCUT2D eigenvalue weighted by Gasteiger charge is -2.39. The molecule has 1 N–H and O–H groups in total. The number of nitrogens with zero attached hydrogens (tertiary/aromatic N) is 2. The van der Waals surface area contributed by atoms with E-state index in [2.05, 4.69) is 5.32 Å². The molecule has 9 heteroatoms. The molecule has 2 aliphatic rings. The summed E-state index contributed by atoms with van der Waals surface area (Å²) in [5, 5.41) is 2.86. The van der Waals surface area contributed by atoms with Crippen molar-refractivity contribution in [2.75, 3.05) is 32.4 Å². The van der Waals surface area contributed by atoms with Crippen molar-refractivity contribution >= 4 is 21.8 Å². The highest BCUT2D eigenvalue weighted by atomic mass is 32.2. The minimum absolute atomic E-state index is 0.106. The topological polar surface area (TPSA) is 86.8 Å². The Bertz CT molecular complexity index is 861. The molecule has 2 amide bonds. The number of hydrogen-bond donors (Lipinski definition) is 1. The molecule has 0 radical (unpaired) electrons. The number of halogens is 1. The zero-order valence-corrected chi connectivity index (χ0v) is 17.5. The smallest absolute Gasteiger partial charge is 0.227 e. The van der Waals surface area contributed by atoms with Crippen LogP contribution >= 0.6 is 0 Å². The Labute approximate surface area is 171 Å². The van der Waals surface area contributed by atoms with Crippen molar-refractivity contribution in [2.24, 2.45) is 5.92 Å². The number of nitrogens with one attached hydrogen (secondary N) is 1. The molecule has 1 saturated carbocycles. The minimum Gasteiger partial charge on any atom is -0.354 e. The van der Waals surface area contributed by atoms with Crippen LogP contribution in [-0.2, 0) is 26.0 Å². The Balaban J connectivity index is 1.80. The van der Waals surface area contributed by atoms with Gasteiger partial charge in [-0.15, -0.1) is 0 Å². The summed E-state index contributed by atoms with van der Waals surface area (Å²) in [5.74, 6) is -1.26. The van der Waals surface area contributed by atoms with Crippen molar-refractivity contribution in [3.8, 4) is 0 Å². The van der Waals surface area contributed by atoms with E-state index in [0.29, 0.717) is 24.9 Å². The van der Waals surface area contributed by atoms with E-state index in [9.17, 15) is 22.4 Å². The molecule has 0 unspecified atom stereocenters. The molecule has 2 atom stereocenters. The largest absolute Gasteiger partial charge is 0.354 e. The molecular weight excluding hydrogens is 397 g/mol. The van der Waals surface area contributed by atoms with Crippen molar-refractivity contribution in [3.63, 3.8) is 0 Å². The first kappa shape index (κ1) is 21.7. The Morgan fingerprint density at radius 1 is 1.17 bits per heavy atom. The van der Waals surface area contributed by atoms with E-state index in [4.69, 9.17) is 0 Å². The third kappa shape index (κ3) is 5.33. The van der Waals surface area contributed by atoms with Crippen molar-refractivity contribution in [3.05, 3.63) is 35.6 Å². The van der Waals surface area contributed by atoms with Gasteiger partial charge in [0.2, 0.25) is 21.8 Å². The summed E-state index contributed by atoms with van der Waals surface area (Å²) >= 11 is 0. The summed E-state index contributed by atoms with van der Waals surface area (Å²) in [4.78, 5) is 27.0. The van der Waals surface area contributed by atoms with Crippen LogP contribution in [0.2, 0.25) is 0 Å². The molecule has 2 fully saturated rings. The lowest BCUT2D eigenvalue weighted by molar-refractivity contribution is -0.133. The molecule has 1 aliphatic heterocycles. The Kier molecular flexibility index (Phi) is 6.89. The van der Waals surface area contributed by atoms with Crippen molar-refractivity contribution < 1.29 is 22.4 Å². The molecule has 1 heterocycles. The lowest BCUT2D eigenvalue weighted by Crippen LogP contribution is -2.55. The third-order valence-corrected chi connectivity index (χ3v) is 7.09. The molecule has 0 aromatic heterocycles. The van der Waals surface area contributed by atoms with Gasteiger partial charge in [0.1, 0.15) is 5.82 Å². The molecular formula is C20H28FN3O4S. The second kappa shape index (κ2) is 9.21. The van der Waals surface area contributed by atoms with Gasteiger partial charge in [-0.2, -0.15) is 4.31 Å². The number of sulfonamides is 1. The van der Waals surface area contributed by atoms with Gasteiger partial charge in [-0.1, -0.05) is 31.0 Å². The molecule has 0 spiro atoms. The van der Waals surface area contributed by atoms with Crippen LogP contribution < -0.4 is 5.32 Å². The van der Waals surface area contributed by atoms with E-state index in [1.54, 1.807) is 18.2 Å². The number of carbonyl (C=O) groups excluding carboxylic acids is 2. The van der Waals surface area contributed by atoms with E-state index in [0.717, 1.165) is 19.1 Å². The maximum Gasteiger partial charge on any atom is 0.227 e. The molecule has 7 nitrogen and oxygen atoms in total. The average Bonchev–Trinajstić information content (AvgIpc) is 2.67. The highest BCUT2D eigenvalue weighted by Gasteiger charge is 2.39. The SMILES string of the molecule is CS(=O)(=O)N1CCN(C(=O)Cc2ccccc2F)CCNC(=O)[C@H]2CCCC[C@H]21. The fraction of sp³-hybridized carbons (Fsp3) is 0.600. The first-order valence-corrected chi connectivity index (χ1v) is 11.9. The van der Waals surface area contributed by atoms with Crippen LogP contribution in [0.4, 0.5) is 4.39 Å². The Hall–Kier alpha value is -2.00. The van der Waals surface area contributed by atoms with Gasteiger partial charge in [-0.25, -0.2) is 12.8 Å². The first-order chi connectivity index (χ1) is 13.8. The quantitative estimate of drug-likeness (QED) is 0.787. The molecule has 1 aromatic carbocycles. The molecule has 3 rings (SSSR count). The highest BCUT2D eigenvalue weighted by molar-refractivity contribution is 7.88. The Morgan fingerprint density at radius 2 is 1.90 bits per heavy atom. The normalized spacial score (nSPS) is 24.5. The summed E-state index contributed by atoms with van der Waals surface area (Å²) < 4.78 is 40.2. The molecule has 1 aromatic rings. The van der Waals surface area contributed by atoms with Gasteiger partial charge in [-0.3, -0.25) is 9.59 Å². The van der Waals surface area contributed by atoms with E-state index >= 15 is 0 Å². The number of carbonyl (C=O) groups is 2. The number of rotatable bonds is 3.